The topological polar surface area (TPSA) is 57.7 Å². The molecule has 1 amide bonds. The average Bonchev–Trinajstić information content (AvgIpc) is 2.87. The third kappa shape index (κ3) is 4.09. The minimum absolute atomic E-state index is 0.00528. The van der Waals surface area contributed by atoms with E-state index in [1.165, 1.54) is 12.1 Å². The predicted molar refractivity (Wildman–Crippen MR) is 85.3 cm³/mol. The van der Waals surface area contributed by atoms with Crippen LogP contribution >= 0.6 is 0 Å². The van der Waals surface area contributed by atoms with Crippen LogP contribution in [0.5, 0.6) is 0 Å². The predicted octanol–water partition coefficient (Wildman–Crippen LogP) is 0.700. The van der Waals surface area contributed by atoms with Crippen molar-refractivity contribution in [2.75, 3.05) is 37.7 Å². The molecule has 7 heteroatoms. The minimum atomic E-state index is -2.88. The number of sulfone groups is 1. The third-order valence-electron chi connectivity index (χ3n) is 4.64. The molecule has 0 aromatic heterocycles. The van der Waals surface area contributed by atoms with Gasteiger partial charge in [-0.25, -0.2) is 12.8 Å². The Morgan fingerprint density at radius 3 is 2.57 bits per heavy atom. The molecule has 2 saturated heterocycles. The maximum Gasteiger partial charge on any atom is 0.227 e. The molecule has 0 radical (unpaired) electrons. The number of hydrogen-bond acceptors (Lipinski definition) is 4. The number of carbonyl (C=O) groups excluding carboxylic acids is 1. The van der Waals surface area contributed by atoms with Crippen LogP contribution in [-0.4, -0.2) is 67.9 Å². The van der Waals surface area contributed by atoms with E-state index in [1.807, 2.05) is 0 Å². The summed E-state index contributed by atoms with van der Waals surface area (Å²) in [6, 6.07) is 6.21. The molecule has 3 rings (SSSR count). The van der Waals surface area contributed by atoms with Crippen LogP contribution in [0.1, 0.15) is 12.0 Å². The maximum atomic E-state index is 13.2. The molecule has 1 atom stereocenters. The van der Waals surface area contributed by atoms with Gasteiger partial charge in [0.05, 0.1) is 17.9 Å². The fourth-order valence-electron chi connectivity index (χ4n) is 3.33. The Labute approximate surface area is 136 Å². The maximum absolute atomic E-state index is 13.2. The van der Waals surface area contributed by atoms with Gasteiger partial charge < -0.3 is 4.90 Å². The van der Waals surface area contributed by atoms with Crippen LogP contribution in [0.2, 0.25) is 0 Å². The van der Waals surface area contributed by atoms with E-state index in [2.05, 4.69) is 4.90 Å². The molecule has 0 aliphatic carbocycles. The van der Waals surface area contributed by atoms with E-state index in [0.29, 0.717) is 38.2 Å². The molecule has 1 aromatic rings. The van der Waals surface area contributed by atoms with E-state index >= 15 is 0 Å². The first-order chi connectivity index (χ1) is 10.9. The van der Waals surface area contributed by atoms with Gasteiger partial charge in [0, 0.05) is 32.2 Å². The minimum Gasteiger partial charge on any atom is -0.340 e. The number of nitrogens with zero attached hydrogens (tertiary/aromatic N) is 2. The Hall–Kier alpha value is -1.47. The first kappa shape index (κ1) is 16.4. The second kappa shape index (κ2) is 6.57. The summed E-state index contributed by atoms with van der Waals surface area (Å²) in [6.45, 7) is 2.61. The van der Waals surface area contributed by atoms with E-state index in [0.717, 1.165) is 0 Å². The monoisotopic (exact) mass is 340 g/mol. The Kier molecular flexibility index (Phi) is 4.68. The second-order valence-electron chi connectivity index (χ2n) is 6.28. The zero-order valence-electron chi connectivity index (χ0n) is 12.9. The number of rotatable bonds is 3. The highest BCUT2D eigenvalue weighted by Gasteiger charge is 2.34. The quantitative estimate of drug-likeness (QED) is 0.813. The Morgan fingerprint density at radius 1 is 1.22 bits per heavy atom. The molecule has 23 heavy (non-hydrogen) atoms. The van der Waals surface area contributed by atoms with Gasteiger partial charge in [-0.05, 0) is 24.1 Å². The molecule has 1 aromatic carbocycles. The first-order valence-corrected chi connectivity index (χ1v) is 9.72. The molecule has 2 fully saturated rings. The SMILES string of the molecule is O=C(Cc1cccc(F)c1)N1CCN([C@@H]2CCS(=O)(=O)C2)CC1. The van der Waals surface area contributed by atoms with Crippen LogP contribution in [0.25, 0.3) is 0 Å². The number of hydrogen-bond donors (Lipinski definition) is 0. The highest BCUT2D eigenvalue weighted by Crippen LogP contribution is 2.19. The fourth-order valence-corrected chi connectivity index (χ4v) is 5.09. The molecule has 2 aliphatic rings. The van der Waals surface area contributed by atoms with E-state index in [-0.39, 0.29) is 35.7 Å². The normalized spacial score (nSPS) is 24.7. The van der Waals surface area contributed by atoms with E-state index in [9.17, 15) is 17.6 Å². The lowest BCUT2D eigenvalue weighted by atomic mass is 10.1. The number of piperazine rings is 1. The van der Waals surface area contributed by atoms with Crippen LogP contribution in [0.15, 0.2) is 24.3 Å². The second-order valence-corrected chi connectivity index (χ2v) is 8.51. The molecule has 0 bridgehead atoms. The fraction of sp³-hybridized carbons (Fsp3) is 0.562. The van der Waals surface area contributed by atoms with Crippen molar-refractivity contribution in [1.29, 1.82) is 0 Å². The van der Waals surface area contributed by atoms with Crippen LogP contribution in [0, 0.1) is 5.82 Å². The number of benzene rings is 1. The zero-order chi connectivity index (χ0) is 16.4. The number of carbonyl (C=O) groups is 1. The molecule has 0 saturated carbocycles. The summed E-state index contributed by atoms with van der Waals surface area (Å²) in [5.74, 6) is 0.178. The smallest absolute Gasteiger partial charge is 0.227 e. The van der Waals surface area contributed by atoms with Crippen LogP contribution in [0.4, 0.5) is 4.39 Å². The summed E-state index contributed by atoms with van der Waals surface area (Å²) in [5.41, 5.74) is 0.680. The van der Waals surface area contributed by atoms with Crippen molar-refractivity contribution in [3.63, 3.8) is 0 Å². The highest BCUT2D eigenvalue weighted by atomic mass is 32.2. The third-order valence-corrected chi connectivity index (χ3v) is 6.39. The van der Waals surface area contributed by atoms with Gasteiger partial charge in [0.15, 0.2) is 9.84 Å². The van der Waals surface area contributed by atoms with Gasteiger partial charge in [-0.3, -0.25) is 9.69 Å². The Bertz CT molecular complexity index is 684. The summed E-state index contributed by atoms with van der Waals surface area (Å²) < 4.78 is 36.3. The van der Waals surface area contributed by atoms with Gasteiger partial charge in [0.25, 0.3) is 0 Å². The molecule has 0 spiro atoms. The van der Waals surface area contributed by atoms with E-state index in [1.54, 1.807) is 17.0 Å². The zero-order valence-corrected chi connectivity index (χ0v) is 13.8. The van der Waals surface area contributed by atoms with Crippen molar-refractivity contribution in [2.24, 2.45) is 0 Å². The van der Waals surface area contributed by atoms with Crippen LogP contribution < -0.4 is 0 Å². The summed E-state index contributed by atoms with van der Waals surface area (Å²) in [4.78, 5) is 16.3. The van der Waals surface area contributed by atoms with Gasteiger partial charge in [0.2, 0.25) is 5.91 Å². The van der Waals surface area contributed by atoms with Gasteiger partial charge in [-0.1, -0.05) is 12.1 Å². The van der Waals surface area contributed by atoms with Gasteiger partial charge in [-0.15, -0.1) is 0 Å². The van der Waals surface area contributed by atoms with Crippen molar-refractivity contribution in [1.82, 2.24) is 9.80 Å². The molecule has 0 N–H and O–H groups in total. The first-order valence-electron chi connectivity index (χ1n) is 7.90. The summed E-state index contributed by atoms with van der Waals surface area (Å²) in [5, 5.41) is 0. The lowest BCUT2D eigenvalue weighted by molar-refractivity contribution is -0.132. The molecule has 0 unspecified atom stereocenters. The van der Waals surface area contributed by atoms with Gasteiger partial charge >= 0.3 is 0 Å². The lowest BCUT2D eigenvalue weighted by Gasteiger charge is -2.37. The van der Waals surface area contributed by atoms with Crippen molar-refractivity contribution < 1.29 is 17.6 Å². The van der Waals surface area contributed by atoms with Crippen molar-refractivity contribution in [3.05, 3.63) is 35.6 Å². The Morgan fingerprint density at radius 2 is 1.96 bits per heavy atom. The summed E-state index contributed by atoms with van der Waals surface area (Å²) in [6.07, 6.45) is 0.898. The number of halogens is 1. The van der Waals surface area contributed by atoms with Gasteiger partial charge in [0.1, 0.15) is 5.82 Å². The number of amides is 1. The Balaban J connectivity index is 1.51. The van der Waals surface area contributed by atoms with Crippen molar-refractivity contribution in [2.45, 2.75) is 18.9 Å². The highest BCUT2D eigenvalue weighted by molar-refractivity contribution is 7.91. The largest absolute Gasteiger partial charge is 0.340 e. The standard InChI is InChI=1S/C16H21FN2O3S/c17-14-3-1-2-13(10-14)11-16(20)19-7-5-18(6-8-19)15-4-9-23(21,22)12-15/h1-3,10,15H,4-9,11-12H2/t15-/m1/s1. The summed E-state index contributed by atoms with van der Waals surface area (Å²) >= 11 is 0. The molecule has 2 heterocycles. The molecule has 5 nitrogen and oxygen atoms in total. The van der Waals surface area contributed by atoms with Crippen molar-refractivity contribution >= 4 is 15.7 Å². The average molecular weight is 340 g/mol. The summed E-state index contributed by atoms with van der Waals surface area (Å²) in [7, 11) is -2.88. The van der Waals surface area contributed by atoms with E-state index < -0.39 is 9.84 Å². The molecule has 2 aliphatic heterocycles. The van der Waals surface area contributed by atoms with E-state index in [4.69, 9.17) is 0 Å². The molecular formula is C16H21FN2O3S. The molecular weight excluding hydrogens is 319 g/mol. The lowest BCUT2D eigenvalue weighted by Crippen LogP contribution is -2.52. The van der Waals surface area contributed by atoms with Crippen LogP contribution in [0.3, 0.4) is 0 Å². The van der Waals surface area contributed by atoms with Crippen LogP contribution in [-0.2, 0) is 21.1 Å². The molecule has 126 valence electrons. The van der Waals surface area contributed by atoms with Gasteiger partial charge in [-0.2, -0.15) is 0 Å². The van der Waals surface area contributed by atoms with Crippen molar-refractivity contribution in [3.8, 4) is 0 Å².